The molecule has 0 radical (unpaired) electrons. The van der Waals surface area contributed by atoms with E-state index in [4.69, 9.17) is 0 Å². The third-order valence-electron chi connectivity index (χ3n) is 4.51. The Labute approximate surface area is 115 Å². The minimum Gasteiger partial charge on any atom is -0.550 e. The number of hydrogen-bond donors (Lipinski definition) is 1. The summed E-state index contributed by atoms with van der Waals surface area (Å²) in [7, 11) is 0. The van der Waals surface area contributed by atoms with Gasteiger partial charge in [-0.1, -0.05) is 6.07 Å². The summed E-state index contributed by atoms with van der Waals surface area (Å²) in [5.41, 5.74) is 0. The van der Waals surface area contributed by atoms with Crippen molar-refractivity contribution in [3.63, 3.8) is 0 Å². The molecule has 2 aliphatic rings. The summed E-state index contributed by atoms with van der Waals surface area (Å²) >= 11 is 1.59. The fraction of sp³-hybridized carbons (Fsp3) is 0.571. The smallest absolute Gasteiger partial charge is 0.224 e. The van der Waals surface area contributed by atoms with Crippen molar-refractivity contribution in [2.45, 2.75) is 25.8 Å². The number of carboxylic acid groups (broad SMARTS) is 1. The summed E-state index contributed by atoms with van der Waals surface area (Å²) in [6.45, 7) is 0.490. The van der Waals surface area contributed by atoms with E-state index >= 15 is 0 Å². The number of carbonyl (C=O) groups is 2. The molecule has 1 N–H and O–H groups in total. The zero-order valence-corrected chi connectivity index (χ0v) is 11.3. The van der Waals surface area contributed by atoms with Crippen LogP contribution in [-0.4, -0.2) is 11.9 Å². The van der Waals surface area contributed by atoms with Crippen molar-refractivity contribution >= 4 is 23.2 Å². The lowest BCUT2D eigenvalue weighted by molar-refractivity contribution is -0.314. The van der Waals surface area contributed by atoms with Gasteiger partial charge in [0.15, 0.2) is 0 Å². The van der Waals surface area contributed by atoms with Crippen LogP contribution in [0.4, 0.5) is 0 Å². The van der Waals surface area contributed by atoms with Crippen LogP contribution < -0.4 is 10.4 Å². The maximum atomic E-state index is 12.2. The first-order valence-electron chi connectivity index (χ1n) is 6.67. The number of aliphatic carboxylic acids is 1. The first-order chi connectivity index (χ1) is 9.16. The Kier molecular flexibility index (Phi) is 3.31. The molecule has 3 rings (SSSR count). The Balaban J connectivity index is 1.66. The average molecular weight is 278 g/mol. The number of fused-ring (bicyclic) bond motifs is 2. The van der Waals surface area contributed by atoms with Crippen LogP contribution >= 0.6 is 11.3 Å². The second-order valence-corrected chi connectivity index (χ2v) is 6.53. The molecule has 2 saturated carbocycles. The second-order valence-electron chi connectivity index (χ2n) is 5.50. The normalized spacial score (nSPS) is 32.4. The molecular weight excluding hydrogens is 262 g/mol. The van der Waals surface area contributed by atoms with Gasteiger partial charge in [0, 0.05) is 22.7 Å². The van der Waals surface area contributed by atoms with Gasteiger partial charge in [0.05, 0.1) is 6.54 Å². The van der Waals surface area contributed by atoms with Gasteiger partial charge in [-0.3, -0.25) is 4.79 Å². The van der Waals surface area contributed by atoms with Gasteiger partial charge in [-0.25, -0.2) is 0 Å². The van der Waals surface area contributed by atoms with Gasteiger partial charge in [-0.05, 0) is 42.5 Å². The summed E-state index contributed by atoms with van der Waals surface area (Å²) in [4.78, 5) is 24.6. The first-order valence-corrected chi connectivity index (χ1v) is 7.55. The molecule has 0 spiro atoms. The minimum atomic E-state index is -1.05. The van der Waals surface area contributed by atoms with Crippen LogP contribution in [0, 0.1) is 23.7 Å². The minimum absolute atomic E-state index is 0.116. The molecule has 0 aliphatic heterocycles. The van der Waals surface area contributed by atoms with Crippen molar-refractivity contribution in [1.29, 1.82) is 0 Å². The van der Waals surface area contributed by atoms with E-state index < -0.39 is 11.9 Å². The van der Waals surface area contributed by atoms with E-state index in [9.17, 15) is 14.7 Å². The Morgan fingerprint density at radius 2 is 2.05 bits per heavy atom. The maximum Gasteiger partial charge on any atom is 0.224 e. The van der Waals surface area contributed by atoms with Gasteiger partial charge in [-0.15, -0.1) is 11.3 Å². The van der Waals surface area contributed by atoms with Crippen molar-refractivity contribution in [2.24, 2.45) is 23.7 Å². The molecule has 1 aromatic heterocycles. The molecule has 1 amide bonds. The number of carbonyl (C=O) groups excluding carboxylic acids is 2. The highest BCUT2D eigenvalue weighted by molar-refractivity contribution is 7.09. The van der Waals surface area contributed by atoms with Crippen LogP contribution in [0.5, 0.6) is 0 Å². The zero-order chi connectivity index (χ0) is 13.4. The maximum absolute atomic E-state index is 12.2. The molecule has 1 heterocycles. The van der Waals surface area contributed by atoms with Crippen molar-refractivity contribution in [3.8, 4) is 0 Å². The monoisotopic (exact) mass is 278 g/mol. The van der Waals surface area contributed by atoms with Crippen LogP contribution in [0.25, 0.3) is 0 Å². The fourth-order valence-electron chi connectivity index (χ4n) is 3.71. The summed E-state index contributed by atoms with van der Waals surface area (Å²) in [5, 5.41) is 16.1. The predicted molar refractivity (Wildman–Crippen MR) is 69.0 cm³/mol. The van der Waals surface area contributed by atoms with Gasteiger partial charge >= 0.3 is 0 Å². The van der Waals surface area contributed by atoms with E-state index in [1.54, 1.807) is 11.3 Å². The molecule has 2 fully saturated rings. The molecule has 1 aromatic rings. The number of amides is 1. The third kappa shape index (κ3) is 2.27. The van der Waals surface area contributed by atoms with Crippen LogP contribution in [0.2, 0.25) is 0 Å². The van der Waals surface area contributed by atoms with E-state index in [0.29, 0.717) is 6.54 Å². The summed E-state index contributed by atoms with van der Waals surface area (Å²) in [6, 6.07) is 3.90. The highest BCUT2D eigenvalue weighted by Gasteiger charge is 2.51. The molecule has 102 valence electrons. The van der Waals surface area contributed by atoms with E-state index in [1.165, 1.54) is 0 Å². The van der Waals surface area contributed by atoms with Crippen molar-refractivity contribution in [2.75, 3.05) is 0 Å². The van der Waals surface area contributed by atoms with Gasteiger partial charge in [0.25, 0.3) is 0 Å². The van der Waals surface area contributed by atoms with Gasteiger partial charge < -0.3 is 15.2 Å². The molecule has 19 heavy (non-hydrogen) atoms. The molecule has 4 atom stereocenters. The number of carboxylic acids is 1. The Morgan fingerprint density at radius 1 is 1.32 bits per heavy atom. The van der Waals surface area contributed by atoms with E-state index in [-0.39, 0.29) is 23.7 Å². The predicted octanol–water partition coefficient (Wildman–Crippen LogP) is 0.776. The van der Waals surface area contributed by atoms with E-state index in [2.05, 4.69) is 5.32 Å². The van der Waals surface area contributed by atoms with Crippen molar-refractivity contribution < 1.29 is 14.7 Å². The lowest BCUT2D eigenvalue weighted by Crippen LogP contribution is -2.45. The van der Waals surface area contributed by atoms with Crippen molar-refractivity contribution in [1.82, 2.24) is 5.32 Å². The van der Waals surface area contributed by atoms with Crippen molar-refractivity contribution in [3.05, 3.63) is 22.4 Å². The van der Waals surface area contributed by atoms with Crippen LogP contribution in [-0.2, 0) is 16.1 Å². The van der Waals surface area contributed by atoms with Crippen LogP contribution in [0.15, 0.2) is 17.5 Å². The Bertz CT molecular complexity index is 485. The van der Waals surface area contributed by atoms with Gasteiger partial charge in [0.2, 0.25) is 5.91 Å². The average Bonchev–Trinajstić information content (AvgIpc) is 3.10. The Morgan fingerprint density at radius 3 is 2.68 bits per heavy atom. The molecule has 4 nitrogen and oxygen atoms in total. The number of rotatable bonds is 4. The molecule has 2 aliphatic carbocycles. The summed E-state index contributed by atoms with van der Waals surface area (Å²) < 4.78 is 0. The van der Waals surface area contributed by atoms with Crippen LogP contribution in [0.3, 0.4) is 0 Å². The third-order valence-corrected chi connectivity index (χ3v) is 5.38. The zero-order valence-electron chi connectivity index (χ0n) is 10.5. The van der Waals surface area contributed by atoms with E-state index in [0.717, 1.165) is 24.1 Å². The fourth-order valence-corrected chi connectivity index (χ4v) is 4.36. The molecule has 2 bridgehead atoms. The number of thiophene rings is 1. The number of nitrogens with one attached hydrogen (secondary N) is 1. The quantitative estimate of drug-likeness (QED) is 0.884. The van der Waals surface area contributed by atoms with Crippen LogP contribution in [0.1, 0.15) is 24.1 Å². The SMILES string of the molecule is O=C(NCc1cccs1)[C@@H]1[C@H]2CC[C@@H](C2)[C@@H]1C(=O)[O-]. The highest BCUT2D eigenvalue weighted by Crippen LogP contribution is 2.52. The topological polar surface area (TPSA) is 69.2 Å². The molecule has 0 unspecified atom stereocenters. The summed E-state index contributed by atoms with van der Waals surface area (Å²) in [6.07, 6.45) is 2.78. The van der Waals surface area contributed by atoms with Gasteiger partial charge in [0.1, 0.15) is 0 Å². The largest absolute Gasteiger partial charge is 0.550 e. The highest BCUT2D eigenvalue weighted by atomic mass is 32.1. The summed E-state index contributed by atoms with van der Waals surface area (Å²) in [5.74, 6) is -1.76. The standard InChI is InChI=1S/C14H17NO3S/c16-13(15-7-10-2-1-5-19-10)11-8-3-4-9(6-8)12(11)14(17)18/h1-2,5,8-9,11-12H,3-4,6-7H2,(H,15,16)(H,17,18)/p-1/t8-,9-,11+,12-/m0/s1. The number of hydrogen-bond acceptors (Lipinski definition) is 4. The molecule has 0 saturated heterocycles. The Hall–Kier alpha value is -1.36. The molecule has 5 heteroatoms. The van der Waals surface area contributed by atoms with E-state index in [1.807, 2.05) is 17.5 Å². The first kappa shape index (κ1) is 12.7. The molecular formula is C14H16NO3S-. The molecule has 0 aromatic carbocycles. The van der Waals surface area contributed by atoms with Gasteiger partial charge in [-0.2, -0.15) is 0 Å². The lowest BCUT2D eigenvalue weighted by atomic mass is 9.79. The lowest BCUT2D eigenvalue weighted by Gasteiger charge is -2.30. The second kappa shape index (κ2) is 4.96.